The quantitative estimate of drug-likeness (QED) is 0.420. The van der Waals surface area contributed by atoms with Crippen LogP contribution in [0.2, 0.25) is 0 Å². The van der Waals surface area contributed by atoms with Crippen molar-refractivity contribution in [3.05, 3.63) is 88.1 Å². The summed E-state index contributed by atoms with van der Waals surface area (Å²) in [4.78, 5) is 15.6. The van der Waals surface area contributed by atoms with Gasteiger partial charge < -0.3 is 14.4 Å². The van der Waals surface area contributed by atoms with Crippen LogP contribution in [-0.4, -0.2) is 35.8 Å². The van der Waals surface area contributed by atoms with Gasteiger partial charge in [-0.3, -0.25) is 0 Å². The maximum absolute atomic E-state index is 12.5. The molecule has 2 heterocycles. The summed E-state index contributed by atoms with van der Waals surface area (Å²) in [6.07, 6.45) is 1.66. The molecular formula is C27H31NO3S. The first-order valence-electron chi connectivity index (χ1n) is 11.2. The lowest BCUT2D eigenvalue weighted by atomic mass is 9.90. The SMILES string of the molecule is CC(C)(C)OC(=O)N1CCC[C@H]1COc1ccc(C(c2ccccc2)c2cccs2)cc1. The molecule has 2 aromatic carbocycles. The van der Waals surface area contributed by atoms with Gasteiger partial charge in [0.2, 0.25) is 0 Å². The highest BCUT2D eigenvalue weighted by Gasteiger charge is 2.32. The van der Waals surface area contributed by atoms with Crippen molar-refractivity contribution < 1.29 is 14.3 Å². The summed E-state index contributed by atoms with van der Waals surface area (Å²) in [6, 6.07) is 23.3. The number of benzene rings is 2. The van der Waals surface area contributed by atoms with Crippen molar-refractivity contribution in [2.45, 2.75) is 51.2 Å². The highest BCUT2D eigenvalue weighted by Crippen LogP contribution is 2.35. The molecule has 1 saturated heterocycles. The molecule has 0 saturated carbocycles. The van der Waals surface area contributed by atoms with Gasteiger partial charge in [-0.2, -0.15) is 0 Å². The fourth-order valence-corrected chi connectivity index (χ4v) is 5.02. The van der Waals surface area contributed by atoms with Crippen LogP contribution < -0.4 is 4.74 Å². The lowest BCUT2D eigenvalue weighted by Crippen LogP contribution is -2.42. The first-order chi connectivity index (χ1) is 15.4. The molecule has 3 aromatic rings. The van der Waals surface area contributed by atoms with Crippen LogP contribution in [0.15, 0.2) is 72.1 Å². The highest BCUT2D eigenvalue weighted by atomic mass is 32.1. The van der Waals surface area contributed by atoms with E-state index in [1.54, 1.807) is 11.3 Å². The van der Waals surface area contributed by atoms with Gasteiger partial charge in [-0.25, -0.2) is 4.79 Å². The average molecular weight is 450 g/mol. The van der Waals surface area contributed by atoms with Crippen molar-refractivity contribution >= 4 is 17.4 Å². The van der Waals surface area contributed by atoms with Crippen LogP contribution in [0.25, 0.3) is 0 Å². The third-order valence-corrected chi connectivity index (χ3v) is 6.56. The summed E-state index contributed by atoms with van der Waals surface area (Å²) in [5.41, 5.74) is 2.03. The minimum absolute atomic E-state index is 0.0488. The Labute approximate surface area is 194 Å². The van der Waals surface area contributed by atoms with Crippen LogP contribution in [0, 0.1) is 0 Å². The van der Waals surface area contributed by atoms with Gasteiger partial charge in [-0.15, -0.1) is 11.3 Å². The minimum Gasteiger partial charge on any atom is -0.491 e. The van der Waals surface area contributed by atoms with Crippen molar-refractivity contribution in [2.75, 3.05) is 13.2 Å². The zero-order chi connectivity index (χ0) is 22.6. The number of thiophene rings is 1. The largest absolute Gasteiger partial charge is 0.491 e. The lowest BCUT2D eigenvalue weighted by Gasteiger charge is -2.28. The van der Waals surface area contributed by atoms with Crippen molar-refractivity contribution in [3.8, 4) is 5.75 Å². The Balaban J connectivity index is 1.43. The molecule has 4 nitrogen and oxygen atoms in total. The first kappa shape index (κ1) is 22.4. The van der Waals surface area contributed by atoms with Gasteiger partial charge >= 0.3 is 6.09 Å². The number of carbonyl (C=O) groups is 1. The van der Waals surface area contributed by atoms with Crippen LogP contribution in [0.4, 0.5) is 4.79 Å². The number of amides is 1. The predicted octanol–water partition coefficient (Wildman–Crippen LogP) is 6.71. The Morgan fingerprint density at radius 3 is 2.41 bits per heavy atom. The molecule has 0 bridgehead atoms. The van der Waals surface area contributed by atoms with E-state index >= 15 is 0 Å². The van der Waals surface area contributed by atoms with E-state index in [1.165, 1.54) is 16.0 Å². The van der Waals surface area contributed by atoms with Gasteiger partial charge in [-0.05, 0) is 68.3 Å². The van der Waals surface area contributed by atoms with Gasteiger partial charge in [0.1, 0.15) is 18.0 Å². The van der Waals surface area contributed by atoms with Crippen LogP contribution in [0.1, 0.15) is 55.5 Å². The second-order valence-electron chi connectivity index (χ2n) is 9.21. The maximum Gasteiger partial charge on any atom is 0.410 e. The molecule has 1 unspecified atom stereocenters. The van der Waals surface area contributed by atoms with Gasteiger partial charge in [0.25, 0.3) is 0 Å². The Hall–Kier alpha value is -2.79. The smallest absolute Gasteiger partial charge is 0.410 e. The Kier molecular flexibility index (Phi) is 6.85. The summed E-state index contributed by atoms with van der Waals surface area (Å²) >= 11 is 1.78. The van der Waals surface area contributed by atoms with E-state index in [-0.39, 0.29) is 18.1 Å². The third-order valence-electron chi connectivity index (χ3n) is 5.62. The summed E-state index contributed by atoms with van der Waals surface area (Å²) in [5, 5.41) is 2.13. The van der Waals surface area contributed by atoms with E-state index in [0.717, 1.165) is 25.1 Å². The summed E-state index contributed by atoms with van der Waals surface area (Å²) in [7, 11) is 0. The van der Waals surface area contributed by atoms with Gasteiger partial charge in [0, 0.05) is 17.3 Å². The molecule has 1 aliphatic heterocycles. The maximum atomic E-state index is 12.5. The van der Waals surface area contributed by atoms with Crippen LogP contribution >= 0.6 is 11.3 Å². The molecule has 1 fully saturated rings. The zero-order valence-electron chi connectivity index (χ0n) is 19.0. The highest BCUT2D eigenvalue weighted by molar-refractivity contribution is 7.10. The fourth-order valence-electron chi connectivity index (χ4n) is 4.14. The number of hydrogen-bond donors (Lipinski definition) is 0. The number of carbonyl (C=O) groups excluding carboxylic acids is 1. The first-order valence-corrected chi connectivity index (χ1v) is 12.1. The normalized spacial score (nSPS) is 17.2. The van der Waals surface area contributed by atoms with Crippen LogP contribution in [0.3, 0.4) is 0 Å². The molecule has 0 radical (unpaired) electrons. The molecule has 168 valence electrons. The van der Waals surface area contributed by atoms with E-state index in [0.29, 0.717) is 6.61 Å². The van der Waals surface area contributed by atoms with Gasteiger partial charge in [-0.1, -0.05) is 48.5 Å². The molecule has 0 N–H and O–H groups in total. The molecular weight excluding hydrogens is 418 g/mol. The average Bonchev–Trinajstić information content (AvgIpc) is 3.45. The van der Waals surface area contributed by atoms with E-state index < -0.39 is 5.60 Å². The third kappa shape index (κ3) is 5.52. The van der Waals surface area contributed by atoms with E-state index in [2.05, 4.69) is 60.0 Å². The molecule has 32 heavy (non-hydrogen) atoms. The summed E-state index contributed by atoms with van der Waals surface area (Å²) in [5.74, 6) is 1.03. The van der Waals surface area contributed by atoms with Crippen molar-refractivity contribution in [2.24, 2.45) is 0 Å². The number of likely N-dealkylation sites (tertiary alicyclic amines) is 1. The topological polar surface area (TPSA) is 38.8 Å². The van der Waals surface area contributed by atoms with Crippen LogP contribution in [0.5, 0.6) is 5.75 Å². The second-order valence-corrected chi connectivity index (χ2v) is 10.2. The van der Waals surface area contributed by atoms with Gasteiger partial charge in [0.15, 0.2) is 0 Å². The molecule has 5 heteroatoms. The Morgan fingerprint density at radius 2 is 1.75 bits per heavy atom. The minimum atomic E-state index is -0.487. The van der Waals surface area contributed by atoms with Crippen LogP contribution in [-0.2, 0) is 4.74 Å². The van der Waals surface area contributed by atoms with E-state index in [4.69, 9.17) is 9.47 Å². The Morgan fingerprint density at radius 1 is 1.03 bits per heavy atom. The number of rotatable bonds is 6. The monoisotopic (exact) mass is 449 g/mol. The lowest BCUT2D eigenvalue weighted by molar-refractivity contribution is 0.0187. The molecule has 4 rings (SSSR count). The summed E-state index contributed by atoms with van der Waals surface area (Å²) in [6.45, 7) is 6.89. The second kappa shape index (κ2) is 9.78. The predicted molar refractivity (Wildman–Crippen MR) is 130 cm³/mol. The molecule has 2 atom stereocenters. The molecule has 1 amide bonds. The standard InChI is InChI=1S/C27H31NO3S/c1-27(2,3)31-26(29)28-17-7-11-22(28)19-30-23-15-13-21(14-16-23)25(24-12-8-18-32-24)20-9-5-4-6-10-20/h4-6,8-10,12-16,18,22,25H,7,11,17,19H2,1-3H3/t22-,25?/m0/s1. The number of hydrogen-bond acceptors (Lipinski definition) is 4. The zero-order valence-corrected chi connectivity index (χ0v) is 19.8. The molecule has 0 spiro atoms. The fraction of sp³-hybridized carbons (Fsp3) is 0.370. The molecule has 1 aromatic heterocycles. The summed E-state index contributed by atoms with van der Waals surface area (Å²) < 4.78 is 11.6. The number of nitrogens with zero attached hydrogens (tertiary/aromatic N) is 1. The van der Waals surface area contributed by atoms with Crippen molar-refractivity contribution in [3.63, 3.8) is 0 Å². The Bertz CT molecular complexity index is 994. The van der Waals surface area contributed by atoms with Gasteiger partial charge in [0.05, 0.1) is 6.04 Å². The number of ether oxygens (including phenoxy) is 2. The van der Waals surface area contributed by atoms with E-state index in [1.807, 2.05) is 37.8 Å². The van der Waals surface area contributed by atoms with Crippen molar-refractivity contribution in [1.29, 1.82) is 0 Å². The van der Waals surface area contributed by atoms with Crippen molar-refractivity contribution in [1.82, 2.24) is 4.90 Å². The molecule has 0 aliphatic carbocycles. The van der Waals surface area contributed by atoms with E-state index in [9.17, 15) is 4.79 Å². The molecule has 1 aliphatic rings.